The van der Waals surface area contributed by atoms with Gasteiger partial charge in [0.1, 0.15) is 5.69 Å². The van der Waals surface area contributed by atoms with Gasteiger partial charge in [-0.3, -0.25) is 4.79 Å². The van der Waals surface area contributed by atoms with Crippen LogP contribution in [0.25, 0.3) is 0 Å². The van der Waals surface area contributed by atoms with Gasteiger partial charge in [-0.25, -0.2) is 0 Å². The third-order valence-corrected chi connectivity index (χ3v) is 3.91. The van der Waals surface area contributed by atoms with Gasteiger partial charge >= 0.3 is 0 Å². The van der Waals surface area contributed by atoms with Crippen LogP contribution in [-0.2, 0) is 12.8 Å². The number of nitrogens with two attached hydrogens (primary N) is 1. The molecule has 3 nitrogen and oxygen atoms in total. The number of hydrogen-bond acceptors (Lipinski definition) is 2. The number of hydrogen-bond donors (Lipinski definition) is 2. The van der Waals surface area contributed by atoms with Crippen molar-refractivity contribution in [1.82, 2.24) is 4.98 Å². The van der Waals surface area contributed by atoms with E-state index in [0.717, 1.165) is 23.2 Å². The minimum absolute atomic E-state index is 0.181. The van der Waals surface area contributed by atoms with Crippen molar-refractivity contribution in [3.8, 4) is 0 Å². The maximum absolute atomic E-state index is 11.9. The summed E-state index contributed by atoms with van der Waals surface area (Å²) in [4.78, 5) is 14.7. The fourth-order valence-corrected chi connectivity index (χ4v) is 2.75. The maximum Gasteiger partial charge on any atom is 0.271 e. The Balaban J connectivity index is 2.55. The van der Waals surface area contributed by atoms with Crippen LogP contribution in [0.1, 0.15) is 40.4 Å². The first-order valence-corrected chi connectivity index (χ1v) is 7.00. The molecule has 1 aromatic heterocycles. The molecule has 0 spiro atoms. The zero-order valence-electron chi connectivity index (χ0n) is 12.6. The van der Waals surface area contributed by atoms with Gasteiger partial charge in [0.2, 0.25) is 0 Å². The standard InChI is InChI=1S/C17H22N2O/c1-5-14-12(4)19-17(20)16(18)15(14)9-13-7-6-10(2)8-11(13)3/h6-8H,5,9,18H2,1-4H3,(H,19,20). The number of aromatic nitrogens is 1. The summed E-state index contributed by atoms with van der Waals surface area (Å²) in [5, 5.41) is 0. The lowest BCUT2D eigenvalue weighted by atomic mass is 9.93. The number of rotatable bonds is 3. The summed E-state index contributed by atoms with van der Waals surface area (Å²) in [6.45, 7) is 8.21. The zero-order chi connectivity index (χ0) is 14.9. The molecule has 0 saturated carbocycles. The van der Waals surface area contributed by atoms with Crippen LogP contribution in [-0.4, -0.2) is 4.98 Å². The lowest BCUT2D eigenvalue weighted by Gasteiger charge is -2.15. The van der Waals surface area contributed by atoms with Crippen LogP contribution in [0.4, 0.5) is 5.69 Å². The van der Waals surface area contributed by atoms with Gasteiger partial charge in [0.15, 0.2) is 0 Å². The normalized spacial score (nSPS) is 10.8. The van der Waals surface area contributed by atoms with E-state index in [4.69, 9.17) is 5.73 Å². The molecule has 3 N–H and O–H groups in total. The second-order valence-corrected chi connectivity index (χ2v) is 5.41. The molecular formula is C17H22N2O. The molecule has 1 heterocycles. The largest absolute Gasteiger partial charge is 0.394 e. The third kappa shape index (κ3) is 2.62. The van der Waals surface area contributed by atoms with Crippen molar-refractivity contribution >= 4 is 5.69 Å². The van der Waals surface area contributed by atoms with E-state index in [-0.39, 0.29) is 5.56 Å². The molecular weight excluding hydrogens is 248 g/mol. The summed E-state index contributed by atoms with van der Waals surface area (Å²) < 4.78 is 0. The summed E-state index contributed by atoms with van der Waals surface area (Å²) >= 11 is 0. The fraction of sp³-hybridized carbons (Fsp3) is 0.353. The molecule has 0 saturated heterocycles. The topological polar surface area (TPSA) is 58.9 Å². The van der Waals surface area contributed by atoms with E-state index in [1.165, 1.54) is 16.7 Å². The van der Waals surface area contributed by atoms with Crippen LogP contribution in [0, 0.1) is 20.8 Å². The molecule has 0 aliphatic carbocycles. The predicted octanol–water partition coefficient (Wildman–Crippen LogP) is 3.04. The van der Waals surface area contributed by atoms with Gasteiger partial charge in [-0.1, -0.05) is 30.7 Å². The molecule has 0 atom stereocenters. The van der Waals surface area contributed by atoms with Crippen LogP contribution in [0.15, 0.2) is 23.0 Å². The Labute approximate surface area is 119 Å². The molecule has 1 aromatic carbocycles. The molecule has 106 valence electrons. The van der Waals surface area contributed by atoms with E-state index >= 15 is 0 Å². The van der Waals surface area contributed by atoms with Gasteiger partial charge in [-0.15, -0.1) is 0 Å². The molecule has 20 heavy (non-hydrogen) atoms. The molecule has 0 fully saturated rings. The maximum atomic E-state index is 11.9. The first kappa shape index (κ1) is 14.4. The molecule has 0 aliphatic heterocycles. The zero-order valence-corrected chi connectivity index (χ0v) is 12.6. The summed E-state index contributed by atoms with van der Waals surface area (Å²) in [7, 11) is 0. The monoisotopic (exact) mass is 270 g/mol. The molecule has 0 amide bonds. The Morgan fingerprint density at radius 1 is 1.15 bits per heavy atom. The van der Waals surface area contributed by atoms with E-state index in [0.29, 0.717) is 12.1 Å². The van der Waals surface area contributed by atoms with Crippen LogP contribution in [0.5, 0.6) is 0 Å². The van der Waals surface area contributed by atoms with Gasteiger partial charge in [0.05, 0.1) is 0 Å². The summed E-state index contributed by atoms with van der Waals surface area (Å²) in [5.74, 6) is 0. The number of benzene rings is 1. The SMILES string of the molecule is CCc1c(C)[nH]c(=O)c(N)c1Cc1ccc(C)cc1C. The number of H-pyrrole nitrogens is 1. The van der Waals surface area contributed by atoms with Crippen LogP contribution < -0.4 is 11.3 Å². The van der Waals surface area contributed by atoms with Crippen LogP contribution in [0.2, 0.25) is 0 Å². The highest BCUT2D eigenvalue weighted by atomic mass is 16.1. The summed E-state index contributed by atoms with van der Waals surface area (Å²) in [6.07, 6.45) is 1.58. The van der Waals surface area contributed by atoms with Gasteiger partial charge in [-0.05, 0) is 49.4 Å². The van der Waals surface area contributed by atoms with Crippen molar-refractivity contribution in [2.24, 2.45) is 0 Å². The molecule has 2 aromatic rings. The van der Waals surface area contributed by atoms with Crippen LogP contribution in [0.3, 0.4) is 0 Å². The highest BCUT2D eigenvalue weighted by Crippen LogP contribution is 2.22. The Morgan fingerprint density at radius 2 is 1.85 bits per heavy atom. The van der Waals surface area contributed by atoms with Crippen molar-refractivity contribution in [1.29, 1.82) is 0 Å². The molecule has 3 heteroatoms. The first-order chi connectivity index (χ1) is 9.43. The molecule has 0 aliphatic rings. The number of nitrogens with one attached hydrogen (secondary N) is 1. The predicted molar refractivity (Wildman–Crippen MR) is 84.3 cm³/mol. The quantitative estimate of drug-likeness (QED) is 0.900. The van der Waals surface area contributed by atoms with Crippen molar-refractivity contribution in [2.45, 2.75) is 40.5 Å². The van der Waals surface area contributed by atoms with E-state index in [1.54, 1.807) is 0 Å². The highest BCUT2D eigenvalue weighted by Gasteiger charge is 2.13. The molecule has 0 unspecified atom stereocenters. The minimum Gasteiger partial charge on any atom is -0.394 e. The van der Waals surface area contributed by atoms with Gasteiger partial charge in [0.25, 0.3) is 5.56 Å². The fourth-order valence-electron chi connectivity index (χ4n) is 2.75. The summed E-state index contributed by atoms with van der Waals surface area (Å²) in [5.41, 5.74) is 12.9. The van der Waals surface area contributed by atoms with E-state index in [1.807, 2.05) is 6.92 Å². The van der Waals surface area contributed by atoms with Gasteiger partial charge in [-0.2, -0.15) is 0 Å². The number of aromatic amines is 1. The van der Waals surface area contributed by atoms with Gasteiger partial charge in [0, 0.05) is 12.1 Å². The molecule has 0 radical (unpaired) electrons. The Morgan fingerprint density at radius 3 is 2.45 bits per heavy atom. The van der Waals surface area contributed by atoms with E-state index in [2.05, 4.69) is 44.0 Å². The lowest BCUT2D eigenvalue weighted by molar-refractivity contribution is 0.976. The van der Waals surface area contributed by atoms with E-state index < -0.39 is 0 Å². The van der Waals surface area contributed by atoms with Crippen molar-refractivity contribution in [3.63, 3.8) is 0 Å². The van der Waals surface area contributed by atoms with Crippen LogP contribution >= 0.6 is 0 Å². The summed E-state index contributed by atoms with van der Waals surface area (Å²) in [6, 6.07) is 6.39. The van der Waals surface area contributed by atoms with Crippen molar-refractivity contribution < 1.29 is 0 Å². The average molecular weight is 270 g/mol. The van der Waals surface area contributed by atoms with Gasteiger partial charge < -0.3 is 10.7 Å². The van der Waals surface area contributed by atoms with Crippen molar-refractivity contribution in [2.75, 3.05) is 5.73 Å². The Kier molecular flexibility index (Phi) is 3.98. The number of aryl methyl sites for hydroxylation is 3. The van der Waals surface area contributed by atoms with E-state index in [9.17, 15) is 4.79 Å². The average Bonchev–Trinajstić information content (AvgIpc) is 2.38. The number of nitrogen functional groups attached to an aromatic ring is 1. The lowest BCUT2D eigenvalue weighted by Crippen LogP contribution is -2.19. The molecule has 0 bridgehead atoms. The minimum atomic E-state index is -0.181. The second kappa shape index (κ2) is 5.53. The highest BCUT2D eigenvalue weighted by molar-refractivity contribution is 5.53. The smallest absolute Gasteiger partial charge is 0.271 e. The van der Waals surface area contributed by atoms with Crippen molar-refractivity contribution in [3.05, 3.63) is 62.1 Å². The Bertz CT molecular complexity index is 699. The Hall–Kier alpha value is -2.03. The second-order valence-electron chi connectivity index (χ2n) is 5.41. The first-order valence-electron chi connectivity index (χ1n) is 7.00. The number of anilines is 1. The third-order valence-electron chi connectivity index (χ3n) is 3.91. The number of pyridine rings is 1. The molecule has 2 rings (SSSR count).